The van der Waals surface area contributed by atoms with Gasteiger partial charge in [-0.2, -0.15) is 0 Å². The van der Waals surface area contributed by atoms with Crippen molar-refractivity contribution in [3.8, 4) is 5.95 Å². The fourth-order valence-electron chi connectivity index (χ4n) is 2.63. The third kappa shape index (κ3) is 3.67. The van der Waals surface area contributed by atoms with Crippen LogP contribution in [-0.4, -0.2) is 32.1 Å². The number of aromatic amines is 1. The quantitative estimate of drug-likeness (QED) is 0.446. The zero-order valence-electron chi connectivity index (χ0n) is 15.2. The standard InChI is InChI=1S/C19H17N3O4S2/c1-3-11(2)22-17(23)14(27-19(22)24)10-25-15-8-9-16(26-15)28-18-20-12-6-4-5-7-13(12)21-18/h4-11H,3H2,1-2H3,(H,20,21)/b14-10+. The number of fused-ring (bicyclic) bond motifs is 1. The van der Waals surface area contributed by atoms with E-state index < -0.39 is 0 Å². The molecule has 144 valence electrons. The Hall–Kier alpha value is -2.65. The van der Waals surface area contributed by atoms with Gasteiger partial charge < -0.3 is 14.1 Å². The van der Waals surface area contributed by atoms with Crippen LogP contribution in [0.4, 0.5) is 4.79 Å². The number of imidazole rings is 1. The number of hydrogen-bond acceptors (Lipinski definition) is 7. The van der Waals surface area contributed by atoms with Crippen molar-refractivity contribution in [2.24, 2.45) is 0 Å². The number of rotatable bonds is 6. The van der Waals surface area contributed by atoms with Crippen LogP contribution < -0.4 is 4.74 Å². The topological polar surface area (TPSA) is 88.4 Å². The Labute approximate surface area is 169 Å². The van der Waals surface area contributed by atoms with Crippen molar-refractivity contribution in [1.82, 2.24) is 14.9 Å². The molecule has 0 spiro atoms. The van der Waals surface area contributed by atoms with Gasteiger partial charge in [-0.05, 0) is 55.1 Å². The van der Waals surface area contributed by atoms with Gasteiger partial charge in [-0.15, -0.1) is 0 Å². The Morgan fingerprint density at radius 3 is 2.93 bits per heavy atom. The van der Waals surface area contributed by atoms with E-state index in [0.717, 1.165) is 22.8 Å². The summed E-state index contributed by atoms with van der Waals surface area (Å²) in [6, 6.07) is 11.0. The first-order chi connectivity index (χ1) is 13.5. The zero-order chi connectivity index (χ0) is 19.7. The van der Waals surface area contributed by atoms with Crippen LogP contribution in [0, 0.1) is 0 Å². The van der Waals surface area contributed by atoms with Crippen LogP contribution in [-0.2, 0) is 4.79 Å². The number of carbonyl (C=O) groups excluding carboxylic acids is 2. The molecule has 1 aromatic carbocycles. The van der Waals surface area contributed by atoms with E-state index in [1.807, 2.05) is 38.1 Å². The van der Waals surface area contributed by atoms with Crippen molar-refractivity contribution in [3.05, 3.63) is 47.6 Å². The zero-order valence-corrected chi connectivity index (χ0v) is 16.8. The summed E-state index contributed by atoms with van der Waals surface area (Å²) in [5, 5.41) is 1.02. The number of aromatic nitrogens is 2. The Morgan fingerprint density at radius 2 is 2.14 bits per heavy atom. The number of H-pyrrole nitrogens is 1. The van der Waals surface area contributed by atoms with Crippen LogP contribution in [0.15, 0.2) is 62.2 Å². The first-order valence-electron chi connectivity index (χ1n) is 8.69. The molecule has 3 heterocycles. The lowest BCUT2D eigenvalue weighted by molar-refractivity contribution is -0.124. The van der Waals surface area contributed by atoms with Gasteiger partial charge >= 0.3 is 0 Å². The van der Waals surface area contributed by atoms with E-state index in [1.54, 1.807) is 12.1 Å². The van der Waals surface area contributed by atoms with Gasteiger partial charge in [0, 0.05) is 12.1 Å². The van der Waals surface area contributed by atoms with E-state index in [-0.39, 0.29) is 28.0 Å². The molecule has 2 aromatic heterocycles. The number of furan rings is 1. The van der Waals surface area contributed by atoms with Crippen LogP contribution in [0.2, 0.25) is 0 Å². The highest BCUT2D eigenvalue weighted by molar-refractivity contribution is 8.18. The number of nitrogens with zero attached hydrogens (tertiary/aromatic N) is 2. The fourth-order valence-corrected chi connectivity index (χ4v) is 4.22. The van der Waals surface area contributed by atoms with Crippen molar-refractivity contribution in [2.75, 3.05) is 0 Å². The number of ether oxygens (including phenoxy) is 1. The van der Waals surface area contributed by atoms with Gasteiger partial charge in [0.2, 0.25) is 0 Å². The van der Waals surface area contributed by atoms with Crippen LogP contribution >= 0.6 is 23.5 Å². The highest BCUT2D eigenvalue weighted by Crippen LogP contribution is 2.34. The number of para-hydroxylation sites is 2. The first kappa shape index (κ1) is 18.7. The molecule has 0 bridgehead atoms. The molecular formula is C19H17N3O4S2. The summed E-state index contributed by atoms with van der Waals surface area (Å²) in [4.78, 5) is 33.6. The number of benzene rings is 1. The summed E-state index contributed by atoms with van der Waals surface area (Å²) in [6.45, 7) is 3.77. The maximum absolute atomic E-state index is 12.4. The van der Waals surface area contributed by atoms with Gasteiger partial charge in [0.05, 0.1) is 11.0 Å². The van der Waals surface area contributed by atoms with Crippen molar-refractivity contribution in [3.63, 3.8) is 0 Å². The monoisotopic (exact) mass is 415 g/mol. The second kappa shape index (κ2) is 7.76. The molecule has 4 rings (SSSR count). The highest BCUT2D eigenvalue weighted by atomic mass is 32.2. The van der Waals surface area contributed by atoms with Crippen LogP contribution in [0.25, 0.3) is 11.0 Å². The SMILES string of the molecule is CCC(C)N1C(=O)S/C(=C/Oc2ccc(Sc3nc4ccccc4[nH]3)o2)C1=O. The normalized spacial score (nSPS) is 17.1. The maximum atomic E-state index is 12.4. The van der Waals surface area contributed by atoms with E-state index in [9.17, 15) is 9.59 Å². The van der Waals surface area contributed by atoms with Gasteiger partial charge in [-0.1, -0.05) is 19.1 Å². The molecule has 0 saturated carbocycles. The van der Waals surface area contributed by atoms with Crippen molar-refractivity contribution >= 4 is 45.7 Å². The van der Waals surface area contributed by atoms with E-state index in [1.165, 1.54) is 22.9 Å². The van der Waals surface area contributed by atoms with E-state index in [2.05, 4.69) is 9.97 Å². The Kier molecular flexibility index (Phi) is 5.19. The Morgan fingerprint density at radius 1 is 1.32 bits per heavy atom. The average Bonchev–Trinajstić information content (AvgIpc) is 3.37. The number of nitrogens with one attached hydrogen (secondary N) is 1. The second-order valence-corrected chi connectivity index (χ2v) is 8.12. The summed E-state index contributed by atoms with van der Waals surface area (Å²) in [6.07, 6.45) is 1.97. The lowest BCUT2D eigenvalue weighted by Gasteiger charge is -2.19. The smallest absolute Gasteiger partial charge is 0.293 e. The average molecular weight is 415 g/mol. The number of imide groups is 1. The van der Waals surface area contributed by atoms with Crippen molar-refractivity contribution in [2.45, 2.75) is 36.6 Å². The number of hydrogen-bond donors (Lipinski definition) is 1. The molecule has 1 aliphatic rings. The summed E-state index contributed by atoms with van der Waals surface area (Å²) in [7, 11) is 0. The molecule has 0 aliphatic carbocycles. The number of amides is 2. The third-order valence-corrected chi connectivity index (χ3v) is 5.93. The first-order valence-corrected chi connectivity index (χ1v) is 10.3. The van der Waals surface area contributed by atoms with Gasteiger partial charge in [0.1, 0.15) is 11.2 Å². The molecule has 1 aliphatic heterocycles. The van der Waals surface area contributed by atoms with Crippen molar-refractivity contribution in [1.29, 1.82) is 0 Å². The predicted molar refractivity (Wildman–Crippen MR) is 107 cm³/mol. The summed E-state index contributed by atoms with van der Waals surface area (Å²) in [5.41, 5.74) is 1.83. The third-order valence-electron chi connectivity index (χ3n) is 4.26. The largest absolute Gasteiger partial charge is 0.433 e. The Bertz CT molecular complexity index is 1040. The van der Waals surface area contributed by atoms with E-state index in [4.69, 9.17) is 9.15 Å². The van der Waals surface area contributed by atoms with Crippen molar-refractivity contribution < 1.29 is 18.7 Å². The number of carbonyl (C=O) groups is 2. The second-order valence-electron chi connectivity index (χ2n) is 6.13. The minimum atomic E-state index is -0.340. The summed E-state index contributed by atoms with van der Waals surface area (Å²) >= 11 is 2.20. The highest BCUT2D eigenvalue weighted by Gasteiger charge is 2.38. The molecule has 1 fully saturated rings. The van der Waals surface area contributed by atoms with E-state index >= 15 is 0 Å². The molecule has 1 N–H and O–H groups in total. The molecule has 7 nitrogen and oxygen atoms in total. The predicted octanol–water partition coefficient (Wildman–Crippen LogP) is 5.02. The van der Waals surface area contributed by atoms with Gasteiger partial charge in [0.15, 0.2) is 10.2 Å². The van der Waals surface area contributed by atoms with Crippen LogP contribution in [0.3, 0.4) is 0 Å². The Balaban J connectivity index is 1.43. The molecule has 9 heteroatoms. The van der Waals surface area contributed by atoms with Gasteiger partial charge in [-0.25, -0.2) is 4.98 Å². The van der Waals surface area contributed by atoms with E-state index in [0.29, 0.717) is 16.7 Å². The molecule has 0 radical (unpaired) electrons. The molecule has 3 aromatic rings. The number of thioether (sulfide) groups is 1. The molecule has 1 saturated heterocycles. The van der Waals surface area contributed by atoms with Gasteiger partial charge in [-0.3, -0.25) is 14.5 Å². The lowest BCUT2D eigenvalue weighted by atomic mass is 10.2. The molecule has 2 amide bonds. The lowest BCUT2D eigenvalue weighted by Crippen LogP contribution is -2.36. The fraction of sp³-hybridized carbons (Fsp3) is 0.211. The van der Waals surface area contributed by atoms with Crippen LogP contribution in [0.1, 0.15) is 20.3 Å². The molecular weight excluding hydrogens is 398 g/mol. The van der Waals surface area contributed by atoms with Crippen LogP contribution in [0.5, 0.6) is 5.95 Å². The van der Waals surface area contributed by atoms with Gasteiger partial charge in [0.25, 0.3) is 17.1 Å². The minimum absolute atomic E-state index is 0.145. The minimum Gasteiger partial charge on any atom is -0.433 e. The molecule has 28 heavy (non-hydrogen) atoms. The summed E-state index contributed by atoms with van der Waals surface area (Å²) in [5.74, 6) is -0.110. The maximum Gasteiger partial charge on any atom is 0.293 e. The molecule has 1 atom stereocenters. The molecule has 1 unspecified atom stereocenters. The summed E-state index contributed by atoms with van der Waals surface area (Å²) < 4.78 is 11.1.